The van der Waals surface area contributed by atoms with Gasteiger partial charge < -0.3 is 0 Å². The van der Waals surface area contributed by atoms with Crippen molar-refractivity contribution in [3.63, 3.8) is 0 Å². The van der Waals surface area contributed by atoms with E-state index in [1.54, 1.807) is 0 Å². The Hall–Kier alpha value is -1.45. The normalized spacial score (nSPS) is 10.8. The molecule has 0 saturated heterocycles. The van der Waals surface area contributed by atoms with Crippen LogP contribution in [-0.2, 0) is 11.3 Å². The van der Waals surface area contributed by atoms with E-state index in [1.807, 2.05) is 18.2 Å². The second kappa shape index (κ2) is 5.58. The van der Waals surface area contributed by atoms with Crippen LogP contribution in [0.15, 0.2) is 36.4 Å². The number of hydrogen-bond acceptors (Lipinski definition) is 3. The fraction of sp³-hybridized carbons (Fsp3) is 0.308. The summed E-state index contributed by atoms with van der Waals surface area (Å²) in [6.07, 6.45) is 2.76. The Kier molecular flexibility index (Phi) is 3.86. The van der Waals surface area contributed by atoms with Gasteiger partial charge in [0.1, 0.15) is 0 Å². The minimum atomic E-state index is 0.396. The van der Waals surface area contributed by atoms with Gasteiger partial charge in [-0.05, 0) is 31.4 Å². The van der Waals surface area contributed by atoms with Crippen LogP contribution in [0, 0.1) is 0 Å². The van der Waals surface area contributed by atoms with Crippen LogP contribution in [0.3, 0.4) is 0 Å². The van der Waals surface area contributed by atoms with Gasteiger partial charge >= 0.3 is 0 Å². The first-order chi connectivity index (χ1) is 7.90. The third-order valence-corrected chi connectivity index (χ3v) is 2.57. The van der Waals surface area contributed by atoms with Gasteiger partial charge in [-0.15, -0.1) is 0 Å². The molecule has 1 N–H and O–H groups in total. The van der Waals surface area contributed by atoms with E-state index in [-0.39, 0.29) is 0 Å². The van der Waals surface area contributed by atoms with E-state index in [1.165, 1.54) is 5.39 Å². The number of unbranched alkanes of at least 4 members (excludes halogenated alkanes) is 1. The highest BCUT2D eigenvalue weighted by molar-refractivity contribution is 5.78. The summed E-state index contributed by atoms with van der Waals surface area (Å²) < 4.78 is 0. The monoisotopic (exact) mass is 217 g/mol. The lowest BCUT2D eigenvalue weighted by atomic mass is 10.1. The van der Waals surface area contributed by atoms with E-state index in [2.05, 4.69) is 28.1 Å². The molecule has 0 saturated carbocycles. The van der Waals surface area contributed by atoms with Crippen molar-refractivity contribution in [3.05, 3.63) is 42.1 Å². The molecule has 3 heteroatoms. The Morgan fingerprint density at radius 2 is 1.94 bits per heavy atom. The molecule has 2 aromatic rings. The first kappa shape index (κ1) is 11.0. The summed E-state index contributed by atoms with van der Waals surface area (Å²) >= 11 is 0. The molecule has 0 radical (unpaired) electrons. The largest absolute Gasteiger partial charge is 0.253 e. The fourth-order valence-electron chi connectivity index (χ4n) is 1.72. The molecule has 0 amide bonds. The summed E-state index contributed by atoms with van der Waals surface area (Å²) in [7, 11) is 0. The molecule has 2 rings (SSSR count). The number of aryl methyl sites for hydroxylation is 1. The van der Waals surface area contributed by atoms with Crippen LogP contribution < -0.4 is 0 Å². The molecule has 0 spiro atoms. The van der Waals surface area contributed by atoms with Gasteiger partial charge in [0, 0.05) is 11.1 Å². The smallest absolute Gasteiger partial charge is 0.0819 e. The number of hydrogen-bond donors (Lipinski definition) is 1. The number of benzene rings is 1. The summed E-state index contributed by atoms with van der Waals surface area (Å²) in [6, 6.07) is 12.3. The van der Waals surface area contributed by atoms with Crippen molar-refractivity contribution in [1.29, 1.82) is 0 Å². The molecular weight excluding hydrogens is 202 g/mol. The zero-order valence-corrected chi connectivity index (χ0v) is 9.10. The average Bonchev–Trinajstić information content (AvgIpc) is 2.34. The molecule has 1 aromatic carbocycles. The molecule has 3 nitrogen and oxygen atoms in total. The van der Waals surface area contributed by atoms with Crippen LogP contribution in [0.25, 0.3) is 10.9 Å². The lowest BCUT2D eigenvalue weighted by Crippen LogP contribution is -1.94. The Morgan fingerprint density at radius 1 is 1.06 bits per heavy atom. The highest BCUT2D eigenvalue weighted by Crippen LogP contribution is 2.13. The van der Waals surface area contributed by atoms with Crippen LogP contribution >= 0.6 is 0 Å². The predicted molar refractivity (Wildman–Crippen MR) is 63.3 cm³/mol. The Labute approximate surface area is 94.6 Å². The first-order valence-electron chi connectivity index (χ1n) is 5.51. The molecule has 0 aliphatic heterocycles. The molecule has 1 heterocycles. The third kappa shape index (κ3) is 2.78. The van der Waals surface area contributed by atoms with Crippen LogP contribution in [0.2, 0.25) is 0 Å². The molecule has 0 aliphatic carbocycles. The quantitative estimate of drug-likeness (QED) is 0.475. The fourth-order valence-corrected chi connectivity index (χ4v) is 1.72. The highest BCUT2D eigenvalue weighted by atomic mass is 17.1. The zero-order chi connectivity index (χ0) is 11.2. The van der Waals surface area contributed by atoms with Gasteiger partial charge in [-0.3, -0.25) is 10.2 Å². The molecular formula is C13H15NO2. The van der Waals surface area contributed by atoms with Gasteiger partial charge in [0.25, 0.3) is 0 Å². The minimum Gasteiger partial charge on any atom is -0.253 e. The third-order valence-electron chi connectivity index (χ3n) is 2.57. The van der Waals surface area contributed by atoms with Gasteiger partial charge in [-0.25, -0.2) is 4.89 Å². The summed E-state index contributed by atoms with van der Waals surface area (Å²) in [5.74, 6) is 0. The van der Waals surface area contributed by atoms with E-state index in [4.69, 9.17) is 5.26 Å². The Bertz CT molecular complexity index is 456. The van der Waals surface area contributed by atoms with Crippen molar-refractivity contribution >= 4 is 10.9 Å². The summed E-state index contributed by atoms with van der Waals surface area (Å²) in [5, 5.41) is 9.36. The second-order valence-electron chi connectivity index (χ2n) is 3.79. The minimum absolute atomic E-state index is 0.396. The van der Waals surface area contributed by atoms with Crippen molar-refractivity contribution in [2.45, 2.75) is 19.3 Å². The number of aromatic nitrogens is 1. The number of para-hydroxylation sites is 1. The van der Waals surface area contributed by atoms with Crippen LogP contribution in [-0.4, -0.2) is 16.8 Å². The van der Waals surface area contributed by atoms with E-state index in [0.717, 1.165) is 30.5 Å². The van der Waals surface area contributed by atoms with Crippen molar-refractivity contribution < 1.29 is 10.1 Å². The van der Waals surface area contributed by atoms with E-state index < -0.39 is 0 Å². The van der Waals surface area contributed by atoms with Gasteiger partial charge in [-0.2, -0.15) is 0 Å². The van der Waals surface area contributed by atoms with Crippen molar-refractivity contribution in [2.24, 2.45) is 0 Å². The Morgan fingerprint density at radius 3 is 2.81 bits per heavy atom. The van der Waals surface area contributed by atoms with Crippen molar-refractivity contribution in [3.8, 4) is 0 Å². The zero-order valence-electron chi connectivity index (χ0n) is 9.10. The van der Waals surface area contributed by atoms with Gasteiger partial charge in [-0.1, -0.05) is 24.3 Å². The topological polar surface area (TPSA) is 42.4 Å². The van der Waals surface area contributed by atoms with Crippen LogP contribution in [0.4, 0.5) is 0 Å². The van der Waals surface area contributed by atoms with Crippen molar-refractivity contribution in [2.75, 3.05) is 6.61 Å². The summed E-state index contributed by atoms with van der Waals surface area (Å²) in [6.45, 7) is 0.396. The van der Waals surface area contributed by atoms with E-state index in [0.29, 0.717) is 6.61 Å². The number of pyridine rings is 1. The molecule has 0 fully saturated rings. The van der Waals surface area contributed by atoms with Crippen LogP contribution in [0.5, 0.6) is 0 Å². The highest BCUT2D eigenvalue weighted by Gasteiger charge is 1.98. The number of fused-ring (bicyclic) bond motifs is 1. The lowest BCUT2D eigenvalue weighted by Gasteiger charge is -2.02. The predicted octanol–water partition coefficient (Wildman–Crippen LogP) is 3.05. The molecule has 16 heavy (non-hydrogen) atoms. The number of rotatable bonds is 5. The second-order valence-corrected chi connectivity index (χ2v) is 3.79. The Balaban J connectivity index is 2.02. The molecule has 0 aliphatic rings. The lowest BCUT2D eigenvalue weighted by molar-refractivity contribution is -0.242. The average molecular weight is 217 g/mol. The maximum atomic E-state index is 8.19. The van der Waals surface area contributed by atoms with Gasteiger partial charge in [0.2, 0.25) is 0 Å². The maximum Gasteiger partial charge on any atom is 0.0819 e. The molecule has 84 valence electrons. The first-order valence-corrected chi connectivity index (χ1v) is 5.51. The molecule has 0 unspecified atom stereocenters. The molecule has 0 atom stereocenters. The SMILES string of the molecule is OOCCCCc1ccc2ccccc2n1. The summed E-state index contributed by atoms with van der Waals surface area (Å²) in [5.41, 5.74) is 2.13. The molecule has 0 bridgehead atoms. The van der Waals surface area contributed by atoms with E-state index >= 15 is 0 Å². The maximum absolute atomic E-state index is 8.19. The van der Waals surface area contributed by atoms with Crippen molar-refractivity contribution in [1.82, 2.24) is 4.98 Å². The molecule has 1 aromatic heterocycles. The van der Waals surface area contributed by atoms with Gasteiger partial charge in [0.15, 0.2) is 0 Å². The summed E-state index contributed by atoms with van der Waals surface area (Å²) in [4.78, 5) is 8.60. The van der Waals surface area contributed by atoms with Crippen LogP contribution in [0.1, 0.15) is 18.5 Å². The number of nitrogens with zero attached hydrogens (tertiary/aromatic N) is 1. The standard InChI is InChI=1S/C13H15NO2/c15-16-10-4-3-6-12-9-8-11-5-1-2-7-13(11)14-12/h1-2,5,7-9,15H,3-4,6,10H2. The van der Waals surface area contributed by atoms with Gasteiger partial charge in [0.05, 0.1) is 12.1 Å². The van der Waals surface area contributed by atoms with E-state index in [9.17, 15) is 0 Å².